The van der Waals surface area contributed by atoms with Crippen molar-refractivity contribution < 1.29 is 5.21 Å². The molecule has 1 aliphatic carbocycles. The number of hydrogen-bond acceptors (Lipinski definition) is 2. The minimum absolute atomic E-state index is 0.536. The molecule has 1 atom stereocenters. The summed E-state index contributed by atoms with van der Waals surface area (Å²) < 4.78 is 1.11. The van der Waals surface area contributed by atoms with Crippen LogP contribution >= 0.6 is 15.9 Å². The van der Waals surface area contributed by atoms with Gasteiger partial charge in [-0.3, -0.25) is 0 Å². The first-order chi connectivity index (χ1) is 6.79. The third-order valence-corrected chi connectivity index (χ3v) is 3.27. The van der Waals surface area contributed by atoms with E-state index in [9.17, 15) is 0 Å². The van der Waals surface area contributed by atoms with Crippen LogP contribution in [0.5, 0.6) is 0 Å². The number of rotatable bonds is 1. The van der Waals surface area contributed by atoms with E-state index >= 15 is 0 Å². The molecule has 0 saturated heterocycles. The van der Waals surface area contributed by atoms with Crippen LogP contribution in [0.2, 0.25) is 0 Å². The molecular weight excluding hydrogens is 242 g/mol. The maximum Gasteiger partial charge on any atom is 0.0577 e. The first kappa shape index (κ1) is 9.71. The van der Waals surface area contributed by atoms with E-state index in [1.54, 1.807) is 0 Å². The molecule has 1 aromatic carbocycles. The van der Waals surface area contributed by atoms with E-state index in [4.69, 9.17) is 5.21 Å². The van der Waals surface area contributed by atoms with Gasteiger partial charge in [-0.2, -0.15) is 0 Å². The minimum Gasteiger partial charge on any atom is -0.411 e. The molecule has 0 radical (unpaired) electrons. The zero-order valence-electron chi connectivity index (χ0n) is 7.78. The summed E-state index contributed by atoms with van der Waals surface area (Å²) in [7, 11) is 0. The predicted octanol–water partition coefficient (Wildman–Crippen LogP) is 3.55. The minimum atomic E-state index is 0.536. The molecule has 0 heterocycles. The van der Waals surface area contributed by atoms with Gasteiger partial charge < -0.3 is 5.21 Å². The fraction of sp³-hybridized carbons (Fsp3) is 0.364. The smallest absolute Gasteiger partial charge is 0.0577 e. The van der Waals surface area contributed by atoms with Gasteiger partial charge in [0.2, 0.25) is 0 Å². The SMILES string of the molecule is ON=C1CC[C@H](c2ccc(Br)cc2)C1. The molecule has 74 valence electrons. The highest BCUT2D eigenvalue weighted by atomic mass is 79.9. The highest BCUT2D eigenvalue weighted by Gasteiger charge is 2.22. The lowest BCUT2D eigenvalue weighted by atomic mass is 9.98. The van der Waals surface area contributed by atoms with Gasteiger partial charge in [-0.15, -0.1) is 0 Å². The van der Waals surface area contributed by atoms with E-state index in [1.165, 1.54) is 5.56 Å². The van der Waals surface area contributed by atoms with E-state index in [-0.39, 0.29) is 0 Å². The zero-order chi connectivity index (χ0) is 9.97. The van der Waals surface area contributed by atoms with Gasteiger partial charge in [-0.25, -0.2) is 0 Å². The van der Waals surface area contributed by atoms with Crippen LogP contribution in [0.3, 0.4) is 0 Å². The Morgan fingerprint density at radius 2 is 2.00 bits per heavy atom. The van der Waals surface area contributed by atoms with E-state index in [0.717, 1.165) is 29.4 Å². The molecule has 2 nitrogen and oxygen atoms in total. The second kappa shape index (κ2) is 4.13. The third kappa shape index (κ3) is 1.98. The molecule has 1 fully saturated rings. The lowest BCUT2D eigenvalue weighted by molar-refractivity contribution is 0.317. The Balaban J connectivity index is 2.13. The normalized spacial score (nSPS) is 24.4. The summed E-state index contributed by atoms with van der Waals surface area (Å²) in [6.07, 6.45) is 2.93. The summed E-state index contributed by atoms with van der Waals surface area (Å²) in [5.74, 6) is 0.536. The van der Waals surface area contributed by atoms with Crippen molar-refractivity contribution in [3.05, 3.63) is 34.3 Å². The maximum absolute atomic E-state index is 8.66. The van der Waals surface area contributed by atoms with Crippen molar-refractivity contribution in [2.45, 2.75) is 25.2 Å². The average molecular weight is 254 g/mol. The van der Waals surface area contributed by atoms with Gasteiger partial charge >= 0.3 is 0 Å². The van der Waals surface area contributed by atoms with Gasteiger partial charge in [0.1, 0.15) is 0 Å². The van der Waals surface area contributed by atoms with Crippen molar-refractivity contribution in [3.8, 4) is 0 Å². The van der Waals surface area contributed by atoms with Crippen LogP contribution in [0.25, 0.3) is 0 Å². The second-order valence-corrected chi connectivity index (χ2v) is 4.57. The molecular formula is C11H12BrNO. The lowest BCUT2D eigenvalue weighted by Crippen LogP contribution is -1.94. The Hall–Kier alpha value is -0.830. The van der Waals surface area contributed by atoms with Crippen LogP contribution in [0.4, 0.5) is 0 Å². The molecule has 1 aromatic rings. The summed E-state index contributed by atoms with van der Waals surface area (Å²) in [6, 6.07) is 8.39. The highest BCUT2D eigenvalue weighted by molar-refractivity contribution is 9.10. The highest BCUT2D eigenvalue weighted by Crippen LogP contribution is 2.33. The topological polar surface area (TPSA) is 32.6 Å². The Morgan fingerprint density at radius 3 is 2.57 bits per heavy atom. The molecule has 0 spiro atoms. The molecule has 14 heavy (non-hydrogen) atoms. The predicted molar refractivity (Wildman–Crippen MR) is 60.0 cm³/mol. The zero-order valence-corrected chi connectivity index (χ0v) is 9.37. The van der Waals surface area contributed by atoms with Crippen LogP contribution in [-0.4, -0.2) is 10.9 Å². The molecule has 3 heteroatoms. The van der Waals surface area contributed by atoms with Crippen LogP contribution in [0.15, 0.2) is 33.9 Å². The molecule has 0 aliphatic heterocycles. The number of oxime groups is 1. The summed E-state index contributed by atoms with van der Waals surface area (Å²) in [5.41, 5.74) is 2.27. The van der Waals surface area contributed by atoms with Gasteiger partial charge in [0.25, 0.3) is 0 Å². The van der Waals surface area contributed by atoms with Crippen LogP contribution in [0.1, 0.15) is 30.7 Å². The molecule has 2 rings (SSSR count). The van der Waals surface area contributed by atoms with Crippen molar-refractivity contribution in [1.82, 2.24) is 0 Å². The first-order valence-corrected chi connectivity index (χ1v) is 5.54. The van der Waals surface area contributed by atoms with Gasteiger partial charge in [-0.1, -0.05) is 33.2 Å². The van der Waals surface area contributed by atoms with Crippen LogP contribution in [-0.2, 0) is 0 Å². The fourth-order valence-electron chi connectivity index (χ4n) is 1.94. The lowest BCUT2D eigenvalue weighted by Gasteiger charge is -2.07. The number of benzene rings is 1. The molecule has 0 aromatic heterocycles. The standard InChI is InChI=1S/C11H12BrNO/c12-10-4-1-8(2-5-10)9-3-6-11(7-9)13-14/h1-2,4-5,9,14H,3,6-7H2/t9-/m0/s1. The van der Waals surface area contributed by atoms with Crippen molar-refractivity contribution in [3.63, 3.8) is 0 Å². The van der Waals surface area contributed by atoms with Crippen molar-refractivity contribution in [2.75, 3.05) is 0 Å². The quantitative estimate of drug-likeness (QED) is 0.603. The molecule has 1 saturated carbocycles. The van der Waals surface area contributed by atoms with Gasteiger partial charge in [0.15, 0.2) is 0 Å². The summed E-state index contributed by atoms with van der Waals surface area (Å²) in [6.45, 7) is 0. The molecule has 0 bridgehead atoms. The van der Waals surface area contributed by atoms with Crippen LogP contribution < -0.4 is 0 Å². The Morgan fingerprint density at radius 1 is 1.29 bits per heavy atom. The van der Waals surface area contributed by atoms with Gasteiger partial charge in [-0.05, 0) is 42.9 Å². The number of halogens is 1. The maximum atomic E-state index is 8.66. The summed E-state index contributed by atoms with van der Waals surface area (Å²) in [4.78, 5) is 0. The average Bonchev–Trinajstić information content (AvgIpc) is 2.67. The van der Waals surface area contributed by atoms with Crippen molar-refractivity contribution >= 4 is 21.6 Å². The van der Waals surface area contributed by atoms with E-state index in [1.807, 2.05) is 0 Å². The molecule has 1 aliphatic rings. The van der Waals surface area contributed by atoms with E-state index in [0.29, 0.717) is 5.92 Å². The van der Waals surface area contributed by atoms with Crippen molar-refractivity contribution in [1.29, 1.82) is 0 Å². The second-order valence-electron chi connectivity index (χ2n) is 3.66. The van der Waals surface area contributed by atoms with Crippen LogP contribution in [0, 0.1) is 0 Å². The number of hydrogen-bond donors (Lipinski definition) is 1. The first-order valence-electron chi connectivity index (χ1n) is 4.75. The third-order valence-electron chi connectivity index (χ3n) is 2.75. The van der Waals surface area contributed by atoms with Gasteiger partial charge in [0, 0.05) is 4.47 Å². The Bertz CT molecular complexity index is 345. The number of nitrogens with zero attached hydrogens (tertiary/aromatic N) is 1. The van der Waals surface area contributed by atoms with Crippen molar-refractivity contribution in [2.24, 2.45) is 5.16 Å². The van der Waals surface area contributed by atoms with Gasteiger partial charge in [0.05, 0.1) is 5.71 Å². The largest absolute Gasteiger partial charge is 0.411 e. The molecule has 0 unspecified atom stereocenters. The molecule has 1 N–H and O–H groups in total. The Kier molecular flexibility index (Phi) is 2.87. The van der Waals surface area contributed by atoms with E-state index < -0.39 is 0 Å². The van der Waals surface area contributed by atoms with E-state index in [2.05, 4.69) is 45.4 Å². The Labute approximate surface area is 91.8 Å². The summed E-state index contributed by atoms with van der Waals surface area (Å²) >= 11 is 3.42. The summed E-state index contributed by atoms with van der Waals surface area (Å²) in [5, 5.41) is 11.9. The monoisotopic (exact) mass is 253 g/mol. The fourth-order valence-corrected chi connectivity index (χ4v) is 2.20. The molecule has 0 amide bonds.